The van der Waals surface area contributed by atoms with Gasteiger partial charge in [0.05, 0.1) is 26.4 Å². The van der Waals surface area contributed by atoms with E-state index in [9.17, 15) is 43.5 Å². The molecule has 16 nitrogen and oxygen atoms in total. The number of esters is 3. The Morgan fingerprint density at radius 2 is 0.447 bits per heavy atom. The molecule has 5 unspecified atom stereocenters. The average molecular weight is 1760 g/mol. The summed E-state index contributed by atoms with van der Waals surface area (Å²) in [5.74, 6) is -1.67. The third-order valence-corrected chi connectivity index (χ3v) is 22.2. The number of hydrogen-bond donors (Lipinski definition) is 4. The van der Waals surface area contributed by atoms with Crippen LogP contribution in [-0.4, -0.2) is 95.9 Å². The first-order valence-corrected chi connectivity index (χ1v) is 51.7. The van der Waals surface area contributed by atoms with Gasteiger partial charge in [-0.1, -0.05) is 414 Å². The summed E-state index contributed by atoms with van der Waals surface area (Å²) in [5, 5.41) is 20.8. The lowest BCUT2D eigenvalue weighted by Crippen LogP contribution is -2.29. The van der Waals surface area contributed by atoms with Gasteiger partial charge in [0.25, 0.3) is 0 Å². The van der Waals surface area contributed by atoms with E-state index in [2.05, 4.69) is 197 Å². The molecular formula is C105H176O16P2. The molecule has 0 aliphatic rings. The van der Waals surface area contributed by atoms with Gasteiger partial charge in [0.1, 0.15) is 25.4 Å². The fourth-order valence-electron chi connectivity index (χ4n) is 13.0. The highest BCUT2D eigenvalue weighted by atomic mass is 31.2. The van der Waals surface area contributed by atoms with Crippen molar-refractivity contribution in [3.8, 4) is 0 Å². The Hall–Kier alpha value is -5.61. The van der Waals surface area contributed by atoms with Gasteiger partial charge in [0.2, 0.25) is 0 Å². The first kappa shape index (κ1) is 117. The van der Waals surface area contributed by atoms with Gasteiger partial charge >= 0.3 is 33.6 Å². The predicted octanol–water partition coefficient (Wildman–Crippen LogP) is 30.6. The molecule has 0 rings (SSSR count). The Morgan fingerprint density at radius 3 is 0.715 bits per heavy atom. The van der Waals surface area contributed by atoms with Gasteiger partial charge in [0.15, 0.2) is 6.10 Å². The van der Waals surface area contributed by atoms with Crippen molar-refractivity contribution >= 4 is 33.6 Å². The Balaban J connectivity index is 4.53. The molecule has 0 saturated carbocycles. The summed E-state index contributed by atoms with van der Waals surface area (Å²) in [5.41, 5.74) is 0. The molecule has 0 bridgehead atoms. The maximum Gasteiger partial charge on any atom is 0.472 e. The van der Waals surface area contributed by atoms with Gasteiger partial charge in [-0.15, -0.1) is 0 Å². The SMILES string of the molecule is CC/C=C\C/C=C\C/C=C\C/C=C\C/C=C\C/C=C\CCCCCCCCCCCCCCCCCCC(=O)OCC(O)COP(=O)(O)OCC(O)COP(=O)(O)OCC(COC(=O)CCCCCCCCCCCCCCCCCCC/C=C\C/C=C\C/C=C\C/C=C\CCCCC)OC(=O)CC/C=C\C/C=C\C/C=C\C/C=C\C/C=C\C/C=C\CC. The van der Waals surface area contributed by atoms with Crippen LogP contribution in [0.2, 0.25) is 0 Å². The van der Waals surface area contributed by atoms with Crippen LogP contribution in [0, 0.1) is 0 Å². The summed E-state index contributed by atoms with van der Waals surface area (Å²) in [6, 6.07) is 0. The fraction of sp³-hybridized carbons (Fsp3) is 0.667. The molecule has 0 aromatic heterocycles. The molecule has 5 atom stereocenters. The molecule has 18 heteroatoms. The monoisotopic (exact) mass is 1760 g/mol. The summed E-state index contributed by atoms with van der Waals surface area (Å²) in [4.78, 5) is 59.0. The molecule has 0 aliphatic heterocycles. The maximum absolute atomic E-state index is 13.0. The number of allylic oxidation sites excluding steroid dienone is 32. The second kappa shape index (κ2) is 95.5. The number of aliphatic hydroxyl groups excluding tert-OH is 2. The molecule has 0 amide bonds. The zero-order valence-corrected chi connectivity index (χ0v) is 79.3. The third kappa shape index (κ3) is 96.9. The molecule has 0 spiro atoms. The van der Waals surface area contributed by atoms with Crippen LogP contribution in [0.4, 0.5) is 0 Å². The third-order valence-electron chi connectivity index (χ3n) is 20.3. The summed E-state index contributed by atoms with van der Waals surface area (Å²) in [6.45, 7) is 2.38. The van der Waals surface area contributed by atoms with Crippen LogP contribution in [0.3, 0.4) is 0 Å². The van der Waals surface area contributed by atoms with E-state index in [4.69, 9.17) is 32.3 Å². The van der Waals surface area contributed by atoms with E-state index in [1.165, 1.54) is 193 Å². The largest absolute Gasteiger partial charge is 0.472 e. The number of aliphatic hydroxyl groups is 2. The second-order valence-corrected chi connectivity index (χ2v) is 35.0. The summed E-state index contributed by atoms with van der Waals surface area (Å²) in [6.07, 6.45) is 128. The van der Waals surface area contributed by atoms with Gasteiger partial charge in [-0.25, -0.2) is 9.13 Å². The number of carbonyl (C=O) groups is 3. The normalized spacial score (nSPS) is 14.6. The van der Waals surface area contributed by atoms with Crippen LogP contribution in [-0.2, 0) is 55.8 Å². The highest BCUT2D eigenvalue weighted by Gasteiger charge is 2.29. The van der Waals surface area contributed by atoms with Gasteiger partial charge < -0.3 is 34.2 Å². The molecule has 123 heavy (non-hydrogen) atoms. The van der Waals surface area contributed by atoms with Gasteiger partial charge in [-0.05, 0) is 154 Å². The van der Waals surface area contributed by atoms with E-state index in [1.807, 2.05) is 18.2 Å². The van der Waals surface area contributed by atoms with Crippen molar-refractivity contribution in [2.45, 2.75) is 411 Å². The van der Waals surface area contributed by atoms with Crippen molar-refractivity contribution < 1.29 is 75.8 Å². The number of rotatable bonds is 91. The highest BCUT2D eigenvalue weighted by Crippen LogP contribution is 2.45. The zero-order chi connectivity index (χ0) is 89.3. The molecule has 0 saturated heterocycles. The molecule has 4 N–H and O–H groups in total. The predicted molar refractivity (Wildman–Crippen MR) is 518 cm³/mol. The molecule has 0 aromatic rings. The maximum atomic E-state index is 13.0. The fourth-order valence-corrected chi connectivity index (χ4v) is 14.6. The summed E-state index contributed by atoms with van der Waals surface area (Å²) >= 11 is 0. The second-order valence-electron chi connectivity index (χ2n) is 32.1. The van der Waals surface area contributed by atoms with Crippen molar-refractivity contribution in [3.63, 3.8) is 0 Å². The van der Waals surface area contributed by atoms with Crippen LogP contribution < -0.4 is 0 Å². The van der Waals surface area contributed by atoms with E-state index < -0.39 is 91.5 Å². The minimum Gasteiger partial charge on any atom is -0.463 e. The van der Waals surface area contributed by atoms with Crippen molar-refractivity contribution in [2.24, 2.45) is 0 Å². The van der Waals surface area contributed by atoms with E-state index in [1.54, 1.807) is 0 Å². The van der Waals surface area contributed by atoms with Gasteiger partial charge in [-0.2, -0.15) is 0 Å². The first-order valence-electron chi connectivity index (χ1n) is 48.7. The summed E-state index contributed by atoms with van der Waals surface area (Å²) < 4.78 is 61.4. The van der Waals surface area contributed by atoms with Gasteiger partial charge in [0, 0.05) is 19.3 Å². The van der Waals surface area contributed by atoms with Crippen LogP contribution >= 0.6 is 15.6 Å². The molecule has 0 fully saturated rings. The molecule has 0 heterocycles. The van der Waals surface area contributed by atoms with Crippen molar-refractivity contribution in [1.82, 2.24) is 0 Å². The molecule has 0 radical (unpaired) electrons. The minimum atomic E-state index is -4.97. The van der Waals surface area contributed by atoms with Crippen molar-refractivity contribution in [1.29, 1.82) is 0 Å². The molecule has 0 aromatic carbocycles. The number of hydrogen-bond acceptors (Lipinski definition) is 14. The molecule has 702 valence electrons. The van der Waals surface area contributed by atoms with Crippen LogP contribution in [0.5, 0.6) is 0 Å². The summed E-state index contributed by atoms with van der Waals surface area (Å²) in [7, 11) is -9.84. The number of carbonyl (C=O) groups excluding carboxylic acids is 3. The standard InChI is InChI=1S/C105H176O16P2/c1-4-7-10-13-16-19-22-25-28-31-34-36-38-40-42-44-46-48-49-51-53-54-56-58-60-62-65-67-70-73-76-79-82-85-88-91-103(108)115-94-100(106)95-117-122(111,112)118-96-101(107)97-119-123(113,114)120-99-102(121-105(110)93-90-87-84-81-78-75-72-69-64-33-30-27-24-21-18-15-12-9-6-3)98-116-104(109)92-89-86-83-80-77-74-71-68-66-63-61-59-57-55-52-50-47-45-43-41-39-37-35-32-29-26-23-20-17-14-11-8-5-2/h7,9-10,12,16-21,25-30,34-37,40-43,46,48,64,69,75,78,84,87,100-102,106-107H,4-6,8,11,13-15,22-24,31-33,38-39,44-45,47,49-63,65-68,70-74,76-77,79-83,85-86,88-99H2,1-3H3,(H,111,112)(H,113,114)/b10-7-,12-9-,19-16-,20-17-,21-18-,28-25-,29-26-,30-27-,36-34-,37-35-,42-40-,43-41-,48-46-,69-64-,78-75-,87-84-. The molecular weight excluding hydrogens is 1580 g/mol. The Morgan fingerprint density at radius 1 is 0.236 bits per heavy atom. The minimum absolute atomic E-state index is 0.0244. The van der Waals surface area contributed by atoms with Crippen LogP contribution in [0.1, 0.15) is 393 Å². The number of phosphoric ester groups is 2. The van der Waals surface area contributed by atoms with Crippen LogP contribution in [0.25, 0.3) is 0 Å². The van der Waals surface area contributed by atoms with Gasteiger partial charge in [-0.3, -0.25) is 32.5 Å². The quantitative estimate of drug-likeness (QED) is 0.0146. The lowest BCUT2D eigenvalue weighted by atomic mass is 10.0. The zero-order valence-electron chi connectivity index (χ0n) is 77.5. The number of ether oxygens (including phenoxy) is 3. The van der Waals surface area contributed by atoms with E-state index in [0.717, 1.165) is 135 Å². The lowest BCUT2D eigenvalue weighted by Gasteiger charge is -2.21. The van der Waals surface area contributed by atoms with Crippen LogP contribution in [0.15, 0.2) is 194 Å². The topological polar surface area (TPSA) is 231 Å². The van der Waals surface area contributed by atoms with E-state index >= 15 is 0 Å². The van der Waals surface area contributed by atoms with E-state index in [0.29, 0.717) is 25.7 Å². The highest BCUT2D eigenvalue weighted by molar-refractivity contribution is 7.47. The average Bonchev–Trinajstić information content (AvgIpc) is 0.899. The van der Waals surface area contributed by atoms with E-state index in [-0.39, 0.29) is 19.3 Å². The smallest absolute Gasteiger partial charge is 0.463 e. The Kier molecular flexibility index (Phi) is 91.1. The first-order chi connectivity index (χ1) is 60.2. The number of unbranched alkanes of at least 4 members (excludes halogenated alkanes) is 36. The molecule has 0 aliphatic carbocycles. The van der Waals surface area contributed by atoms with Crippen molar-refractivity contribution in [3.05, 3.63) is 194 Å². The lowest BCUT2D eigenvalue weighted by molar-refractivity contribution is -0.161. The van der Waals surface area contributed by atoms with Crippen molar-refractivity contribution in [2.75, 3.05) is 39.6 Å². The number of phosphoric acid groups is 2. The Labute approximate surface area is 750 Å². The Bertz CT molecular complexity index is 3020.